The molecule has 0 aromatic heterocycles. The Labute approximate surface area is 597 Å². The lowest BCUT2D eigenvalue weighted by molar-refractivity contribution is 0.364. The third-order valence-corrected chi connectivity index (χ3v) is 21.5. The van der Waals surface area contributed by atoms with Gasteiger partial charge in [0.1, 0.15) is 0 Å². The molecular weight excluding hydrogens is 1180 g/mol. The minimum absolute atomic E-state index is 0.206. The Morgan fingerprint density at radius 2 is 0.490 bits per heavy atom. The zero-order valence-corrected chi connectivity index (χ0v) is 63.5. The highest BCUT2D eigenvalue weighted by molar-refractivity contribution is 5.84. The van der Waals surface area contributed by atoms with E-state index >= 15 is 0 Å². The Kier molecular flexibility index (Phi) is 27.9. The number of anilines is 6. The van der Waals surface area contributed by atoms with Gasteiger partial charge in [-0.15, -0.1) is 0 Å². The summed E-state index contributed by atoms with van der Waals surface area (Å²) in [4.78, 5) is 4.71. The molecule has 0 unspecified atom stereocenters. The van der Waals surface area contributed by atoms with Crippen molar-refractivity contribution < 1.29 is 0 Å². The van der Waals surface area contributed by atoms with E-state index in [9.17, 15) is 0 Å². The summed E-state index contributed by atoms with van der Waals surface area (Å²) in [5, 5.41) is 0. The fourth-order valence-corrected chi connectivity index (χ4v) is 15.7. The zero-order valence-electron chi connectivity index (χ0n) is 63.5. The highest BCUT2D eigenvalue weighted by atomic mass is 15.2. The Bertz CT molecular complexity index is 3600. The van der Waals surface area contributed by atoms with Crippen LogP contribution >= 0.6 is 0 Å². The lowest BCUT2D eigenvalue weighted by Gasteiger charge is -2.34. The van der Waals surface area contributed by atoms with Crippen molar-refractivity contribution in [2.24, 2.45) is 11.8 Å². The largest absolute Gasteiger partial charge is 0.311 e. The number of unbranched alkanes of at least 4 members (excludes halogenated alkanes) is 12. The van der Waals surface area contributed by atoms with Gasteiger partial charge in [-0.3, -0.25) is 0 Å². The second-order valence-corrected chi connectivity index (χ2v) is 30.7. The molecule has 2 heteroatoms. The Hall–Kier alpha value is -7.42. The van der Waals surface area contributed by atoms with Crippen LogP contribution in [0.3, 0.4) is 0 Å². The minimum atomic E-state index is 0.206. The molecule has 0 N–H and O–H groups in total. The highest BCUT2D eigenvalue weighted by Gasteiger charge is 2.44. The molecule has 0 saturated heterocycles. The van der Waals surface area contributed by atoms with Crippen LogP contribution in [-0.4, -0.2) is 0 Å². The summed E-state index contributed by atoms with van der Waals surface area (Å²) in [5.74, 6) is 1.50. The van der Waals surface area contributed by atoms with E-state index in [1.165, 1.54) is 219 Å². The standard InChI is InChI=1S/C40H44N2.C31H46.C25H34/c1-5-7-9-33-15-23-37(24-16-33)41(35-19-11-31(3)12-20-35)39-27-29-40(30-28-39)42(36-21-13-32(4)14-22-36)38-25-17-34(18-26-38)10-8-6-2;1-5-7-9-11-13-15-21-31(22-16-14-12-10-8-6-2)29-23-25(3)17-19-27(29)28-20-18-26(4)24-30(28)31;1-17(2)11-13-25(14-12-18(3)4)23-15-19(5)7-9-21(23)22-10-8-20(6)16-24(22)25/h11-30H,5-10H2,1-4H3;17-20,23-24H,5-16,21-22H2,1-4H3;7-10,15-18H,11-14H2,1-6H3. The molecule has 0 amide bonds. The van der Waals surface area contributed by atoms with Gasteiger partial charge >= 0.3 is 0 Å². The molecule has 0 radical (unpaired) electrons. The molecule has 9 aromatic carbocycles. The number of rotatable bonds is 32. The summed E-state index contributed by atoms with van der Waals surface area (Å²) in [5.41, 5.74) is 30.8. The number of fused-ring (bicyclic) bond motifs is 6. The van der Waals surface area contributed by atoms with E-state index in [4.69, 9.17) is 0 Å². The summed E-state index contributed by atoms with van der Waals surface area (Å²) in [7, 11) is 0. The molecule has 518 valence electrons. The molecule has 0 aliphatic heterocycles. The maximum atomic E-state index is 2.53. The van der Waals surface area contributed by atoms with Crippen molar-refractivity contribution in [2.45, 2.75) is 262 Å². The summed E-state index contributed by atoms with van der Waals surface area (Å²) < 4.78 is 0. The fraction of sp³-hybridized carbons (Fsp3) is 0.438. The second-order valence-electron chi connectivity index (χ2n) is 30.7. The maximum absolute atomic E-state index is 2.53. The SMILES string of the molecule is CCCCCCCCC1(CCCCCCCC)c2cc(C)ccc2-c2ccc(C)cc21.CCCCc1ccc(N(c2ccc(C)cc2)c2ccc(N(c3ccc(C)cc3)c3ccc(CCCC)cc3)cc2)cc1.Cc1ccc2c(c1)C(CCC(C)C)(CCC(C)C)c1cc(C)ccc1-2. The van der Waals surface area contributed by atoms with Crippen LogP contribution in [-0.2, 0) is 23.7 Å². The van der Waals surface area contributed by atoms with Gasteiger partial charge in [0.2, 0.25) is 0 Å². The molecule has 98 heavy (non-hydrogen) atoms. The Balaban J connectivity index is 0.000000178. The molecule has 2 aliphatic carbocycles. The van der Waals surface area contributed by atoms with Gasteiger partial charge in [-0.25, -0.2) is 0 Å². The molecule has 0 spiro atoms. The van der Waals surface area contributed by atoms with Crippen molar-refractivity contribution in [3.8, 4) is 22.3 Å². The van der Waals surface area contributed by atoms with Crippen LogP contribution in [0.15, 0.2) is 194 Å². The molecule has 0 atom stereocenters. The predicted octanol–water partition coefficient (Wildman–Crippen LogP) is 29.4. The summed E-state index contributed by atoms with van der Waals surface area (Å²) in [6, 6.07) is 73.5. The quantitative estimate of drug-likeness (QED) is 0.0388. The zero-order chi connectivity index (χ0) is 69.6. The van der Waals surface area contributed by atoms with Gasteiger partial charge in [-0.2, -0.15) is 0 Å². The number of hydrogen-bond donors (Lipinski definition) is 0. The topological polar surface area (TPSA) is 6.48 Å². The monoisotopic (exact) mass is 1300 g/mol. The summed E-state index contributed by atoms with van der Waals surface area (Å²) >= 11 is 0. The van der Waals surface area contributed by atoms with Crippen molar-refractivity contribution >= 4 is 34.1 Å². The first-order chi connectivity index (χ1) is 47.5. The Morgan fingerprint density at radius 1 is 0.255 bits per heavy atom. The van der Waals surface area contributed by atoms with E-state index in [-0.39, 0.29) is 10.8 Å². The first-order valence-electron chi connectivity index (χ1n) is 39.0. The average molecular weight is 1310 g/mol. The maximum Gasteiger partial charge on any atom is 0.0463 e. The third kappa shape index (κ3) is 19.1. The number of aryl methyl sites for hydroxylation is 8. The molecule has 0 saturated carbocycles. The molecular formula is C96H124N2. The lowest BCUT2D eigenvalue weighted by atomic mass is 9.69. The van der Waals surface area contributed by atoms with Gasteiger partial charge in [-0.05, 0) is 246 Å². The average Bonchev–Trinajstić information content (AvgIpc) is 1.57. The van der Waals surface area contributed by atoms with Gasteiger partial charge in [0.05, 0.1) is 0 Å². The molecule has 2 aliphatic rings. The van der Waals surface area contributed by atoms with Crippen LogP contribution in [0.4, 0.5) is 34.1 Å². The first-order valence-corrected chi connectivity index (χ1v) is 39.0. The molecule has 11 rings (SSSR count). The lowest BCUT2D eigenvalue weighted by Crippen LogP contribution is -2.27. The molecule has 2 nitrogen and oxygen atoms in total. The van der Waals surface area contributed by atoms with Crippen LogP contribution in [0.25, 0.3) is 22.3 Å². The van der Waals surface area contributed by atoms with Gasteiger partial charge in [0, 0.05) is 45.0 Å². The van der Waals surface area contributed by atoms with Crippen molar-refractivity contribution in [1.29, 1.82) is 0 Å². The first kappa shape index (κ1) is 74.8. The predicted molar refractivity (Wildman–Crippen MR) is 431 cm³/mol. The van der Waals surface area contributed by atoms with Crippen molar-refractivity contribution in [3.05, 3.63) is 261 Å². The number of benzene rings is 9. The van der Waals surface area contributed by atoms with E-state index in [0.717, 1.165) is 47.4 Å². The Morgan fingerprint density at radius 3 is 0.765 bits per heavy atom. The fourth-order valence-electron chi connectivity index (χ4n) is 15.7. The van der Waals surface area contributed by atoms with Crippen LogP contribution in [0, 0.1) is 53.4 Å². The minimum Gasteiger partial charge on any atom is -0.311 e. The van der Waals surface area contributed by atoms with E-state index in [0.29, 0.717) is 0 Å². The summed E-state index contributed by atoms with van der Waals surface area (Å²) in [6.45, 7) is 31.9. The van der Waals surface area contributed by atoms with Crippen LogP contribution < -0.4 is 9.80 Å². The second kappa shape index (κ2) is 36.6. The molecule has 0 heterocycles. The molecule has 0 bridgehead atoms. The van der Waals surface area contributed by atoms with Crippen molar-refractivity contribution in [3.63, 3.8) is 0 Å². The van der Waals surface area contributed by atoms with Crippen LogP contribution in [0.5, 0.6) is 0 Å². The molecule has 9 aromatic rings. The highest BCUT2D eigenvalue weighted by Crippen LogP contribution is 2.57. The normalized spacial score (nSPS) is 12.9. The van der Waals surface area contributed by atoms with E-state index in [2.05, 4.69) is 301 Å². The smallest absolute Gasteiger partial charge is 0.0463 e. The van der Waals surface area contributed by atoms with E-state index in [1.807, 2.05) is 0 Å². The van der Waals surface area contributed by atoms with Crippen LogP contribution in [0.2, 0.25) is 0 Å². The third-order valence-electron chi connectivity index (χ3n) is 21.5. The number of nitrogens with zero attached hydrogens (tertiary/aromatic N) is 2. The van der Waals surface area contributed by atoms with Gasteiger partial charge < -0.3 is 9.80 Å². The number of hydrogen-bond acceptors (Lipinski definition) is 2. The van der Waals surface area contributed by atoms with Crippen molar-refractivity contribution in [2.75, 3.05) is 9.80 Å². The molecule has 0 fully saturated rings. The van der Waals surface area contributed by atoms with Gasteiger partial charge in [0.25, 0.3) is 0 Å². The van der Waals surface area contributed by atoms with Gasteiger partial charge in [0.15, 0.2) is 0 Å². The van der Waals surface area contributed by atoms with E-state index < -0.39 is 0 Å². The van der Waals surface area contributed by atoms with Gasteiger partial charge in [-0.1, -0.05) is 300 Å². The van der Waals surface area contributed by atoms with Crippen molar-refractivity contribution in [1.82, 2.24) is 0 Å². The van der Waals surface area contributed by atoms with Crippen LogP contribution in [0.1, 0.15) is 263 Å². The summed E-state index contributed by atoms with van der Waals surface area (Å²) in [6.07, 6.45) is 31.5. The van der Waals surface area contributed by atoms with E-state index in [1.54, 1.807) is 22.3 Å².